The van der Waals surface area contributed by atoms with Crippen LogP contribution in [0.1, 0.15) is 12.0 Å². The number of nitrogen functional groups attached to an aromatic ring is 1. The van der Waals surface area contributed by atoms with Crippen LogP contribution in [0.4, 0.5) is 20.2 Å². The van der Waals surface area contributed by atoms with Gasteiger partial charge in [0, 0.05) is 66.8 Å². The summed E-state index contributed by atoms with van der Waals surface area (Å²) in [5.74, 6) is -1.30. The highest BCUT2D eigenvalue weighted by atomic mass is 19.1. The number of anilines is 2. The van der Waals surface area contributed by atoms with E-state index < -0.39 is 11.6 Å². The molecular formula is C28H24F2N6O. The number of rotatable bonds is 3. The maximum absolute atomic E-state index is 14.3. The molecule has 4 aromatic rings. The standard InChI is InChI=1S/C28H24F2N6O/c29-19-7-17(8-20(30)10-19)23-14-35-24-2-1-16(22-13-33-12-18(11-31)27(22)32)9-21(24)28(23)36-5-3-25-26(15-36)37-6-4-34-25/h1-2,7-10,12-14,25-26,34H,3-6,15H2,(H2,32,33)/t25-,26-/m1/s1. The summed E-state index contributed by atoms with van der Waals surface area (Å²) in [5.41, 5.74) is 10.9. The number of piperidine rings is 1. The summed E-state index contributed by atoms with van der Waals surface area (Å²) >= 11 is 0. The summed E-state index contributed by atoms with van der Waals surface area (Å²) in [7, 11) is 0. The van der Waals surface area contributed by atoms with Crippen LogP contribution >= 0.6 is 0 Å². The third-order valence-corrected chi connectivity index (χ3v) is 7.15. The topological polar surface area (TPSA) is 100 Å². The van der Waals surface area contributed by atoms with Crippen molar-refractivity contribution < 1.29 is 13.5 Å². The first-order valence-electron chi connectivity index (χ1n) is 12.1. The number of benzene rings is 2. The molecule has 2 atom stereocenters. The SMILES string of the molecule is N#Cc1cncc(-c2ccc3ncc(-c4cc(F)cc(F)c4)c(N4CC[C@H]5NCCO[C@@H]5C4)c3c2)c1N. The van der Waals surface area contributed by atoms with E-state index in [0.29, 0.717) is 41.1 Å². The zero-order valence-corrected chi connectivity index (χ0v) is 19.9. The predicted octanol–water partition coefficient (Wildman–Crippen LogP) is 4.26. The molecule has 2 fully saturated rings. The smallest absolute Gasteiger partial charge is 0.126 e. The van der Waals surface area contributed by atoms with E-state index in [-0.39, 0.29) is 12.1 Å². The highest BCUT2D eigenvalue weighted by molar-refractivity contribution is 6.02. The maximum Gasteiger partial charge on any atom is 0.126 e. The van der Waals surface area contributed by atoms with Gasteiger partial charge in [-0.25, -0.2) is 8.78 Å². The number of fused-ring (bicyclic) bond motifs is 2. The Kier molecular flexibility index (Phi) is 5.91. The Morgan fingerprint density at radius 2 is 1.89 bits per heavy atom. The number of morpholine rings is 1. The number of nitrogens with zero attached hydrogens (tertiary/aromatic N) is 4. The number of nitrogens with two attached hydrogens (primary N) is 1. The van der Waals surface area contributed by atoms with Crippen LogP contribution < -0.4 is 16.0 Å². The fourth-order valence-corrected chi connectivity index (χ4v) is 5.37. The highest BCUT2D eigenvalue weighted by Gasteiger charge is 2.33. The monoisotopic (exact) mass is 498 g/mol. The lowest BCUT2D eigenvalue weighted by molar-refractivity contribution is -0.00896. The van der Waals surface area contributed by atoms with Crippen molar-refractivity contribution in [2.45, 2.75) is 18.6 Å². The summed E-state index contributed by atoms with van der Waals surface area (Å²) in [6, 6.07) is 11.6. The Hall–Kier alpha value is -4.13. The van der Waals surface area contributed by atoms with Gasteiger partial charge in [0.1, 0.15) is 17.7 Å². The molecule has 0 aliphatic carbocycles. The third-order valence-electron chi connectivity index (χ3n) is 7.15. The van der Waals surface area contributed by atoms with E-state index in [0.717, 1.165) is 47.7 Å². The van der Waals surface area contributed by atoms with Gasteiger partial charge in [-0.1, -0.05) is 6.07 Å². The Labute approximate surface area is 212 Å². The second kappa shape index (κ2) is 9.39. The molecule has 0 unspecified atom stereocenters. The molecular weight excluding hydrogens is 474 g/mol. The number of pyridine rings is 2. The molecule has 6 rings (SSSR count). The van der Waals surface area contributed by atoms with Crippen LogP contribution in [0.3, 0.4) is 0 Å². The van der Waals surface area contributed by atoms with Crippen LogP contribution in [0.2, 0.25) is 0 Å². The molecule has 4 heterocycles. The summed E-state index contributed by atoms with van der Waals surface area (Å²) in [6.45, 7) is 2.83. The molecule has 0 bridgehead atoms. The number of nitrogens with one attached hydrogen (secondary N) is 1. The zero-order valence-electron chi connectivity index (χ0n) is 19.9. The first kappa shape index (κ1) is 23.3. The normalized spacial score (nSPS) is 19.4. The number of hydrogen-bond acceptors (Lipinski definition) is 7. The molecule has 2 aliphatic rings. The molecule has 0 amide bonds. The summed E-state index contributed by atoms with van der Waals surface area (Å²) in [4.78, 5) is 11.0. The van der Waals surface area contributed by atoms with Gasteiger partial charge in [-0.3, -0.25) is 9.97 Å². The third kappa shape index (κ3) is 4.24. The lowest BCUT2D eigenvalue weighted by atomic mass is 9.94. The van der Waals surface area contributed by atoms with Crippen molar-refractivity contribution in [3.05, 3.63) is 72.2 Å². The van der Waals surface area contributed by atoms with Crippen molar-refractivity contribution >= 4 is 22.3 Å². The lowest BCUT2D eigenvalue weighted by Gasteiger charge is -2.43. The van der Waals surface area contributed by atoms with Gasteiger partial charge >= 0.3 is 0 Å². The van der Waals surface area contributed by atoms with Gasteiger partial charge in [-0.05, 0) is 41.8 Å². The van der Waals surface area contributed by atoms with Gasteiger partial charge in [0.25, 0.3) is 0 Å². The first-order chi connectivity index (χ1) is 18.0. The zero-order chi connectivity index (χ0) is 25.5. The average molecular weight is 499 g/mol. The molecule has 7 nitrogen and oxygen atoms in total. The van der Waals surface area contributed by atoms with Crippen LogP contribution in [-0.2, 0) is 4.74 Å². The van der Waals surface area contributed by atoms with E-state index in [2.05, 4.69) is 26.3 Å². The van der Waals surface area contributed by atoms with E-state index >= 15 is 0 Å². The van der Waals surface area contributed by atoms with E-state index in [1.165, 1.54) is 18.3 Å². The number of halogens is 2. The van der Waals surface area contributed by atoms with Crippen LogP contribution in [-0.4, -0.2) is 48.4 Å². The van der Waals surface area contributed by atoms with E-state index in [9.17, 15) is 14.0 Å². The number of ether oxygens (including phenoxy) is 1. The highest BCUT2D eigenvalue weighted by Crippen LogP contribution is 2.41. The van der Waals surface area contributed by atoms with Crippen LogP contribution in [0.15, 0.2) is 55.0 Å². The van der Waals surface area contributed by atoms with Crippen LogP contribution in [0.5, 0.6) is 0 Å². The van der Waals surface area contributed by atoms with Gasteiger partial charge in [0.05, 0.1) is 35.2 Å². The average Bonchev–Trinajstić information content (AvgIpc) is 2.91. The number of nitriles is 1. The van der Waals surface area contributed by atoms with Crippen molar-refractivity contribution in [2.24, 2.45) is 0 Å². The molecule has 0 spiro atoms. The second-order valence-corrected chi connectivity index (χ2v) is 9.38. The summed E-state index contributed by atoms with van der Waals surface area (Å²) < 4.78 is 34.6. The minimum Gasteiger partial charge on any atom is -0.397 e. The molecule has 2 saturated heterocycles. The number of hydrogen-bond donors (Lipinski definition) is 2. The van der Waals surface area contributed by atoms with Crippen molar-refractivity contribution in [3.8, 4) is 28.3 Å². The minimum absolute atomic E-state index is 0.00171. The summed E-state index contributed by atoms with van der Waals surface area (Å²) in [5, 5.41) is 13.8. The second-order valence-electron chi connectivity index (χ2n) is 9.38. The van der Waals surface area contributed by atoms with Gasteiger partial charge in [0.2, 0.25) is 0 Å². The van der Waals surface area contributed by atoms with Gasteiger partial charge in [0.15, 0.2) is 0 Å². The molecule has 37 heavy (non-hydrogen) atoms. The molecule has 2 aromatic carbocycles. The van der Waals surface area contributed by atoms with Gasteiger partial charge < -0.3 is 20.7 Å². The molecule has 3 N–H and O–H groups in total. The molecule has 186 valence electrons. The molecule has 0 radical (unpaired) electrons. The van der Waals surface area contributed by atoms with E-state index in [1.807, 2.05) is 18.2 Å². The maximum atomic E-state index is 14.3. The van der Waals surface area contributed by atoms with Gasteiger partial charge in [-0.2, -0.15) is 5.26 Å². The van der Waals surface area contributed by atoms with Crippen molar-refractivity contribution in [1.82, 2.24) is 15.3 Å². The van der Waals surface area contributed by atoms with Crippen molar-refractivity contribution in [1.29, 1.82) is 5.26 Å². The van der Waals surface area contributed by atoms with Crippen LogP contribution in [0, 0.1) is 23.0 Å². The lowest BCUT2D eigenvalue weighted by Crippen LogP contribution is -2.57. The Balaban J connectivity index is 1.56. The first-order valence-corrected chi connectivity index (χ1v) is 12.1. The molecule has 0 saturated carbocycles. The Bertz CT molecular complexity index is 1530. The fourth-order valence-electron chi connectivity index (χ4n) is 5.37. The largest absolute Gasteiger partial charge is 0.397 e. The van der Waals surface area contributed by atoms with Crippen molar-refractivity contribution in [3.63, 3.8) is 0 Å². The van der Waals surface area contributed by atoms with E-state index in [1.54, 1.807) is 12.4 Å². The molecule has 9 heteroatoms. The van der Waals surface area contributed by atoms with E-state index in [4.69, 9.17) is 10.5 Å². The van der Waals surface area contributed by atoms with Crippen molar-refractivity contribution in [2.75, 3.05) is 36.9 Å². The predicted molar refractivity (Wildman–Crippen MR) is 138 cm³/mol. The minimum atomic E-state index is -0.652. The fraction of sp³-hybridized carbons (Fsp3) is 0.250. The number of aromatic nitrogens is 2. The Morgan fingerprint density at radius 1 is 1.05 bits per heavy atom. The van der Waals surface area contributed by atoms with Crippen LogP contribution in [0.25, 0.3) is 33.2 Å². The quantitative estimate of drug-likeness (QED) is 0.435. The van der Waals surface area contributed by atoms with Gasteiger partial charge in [-0.15, -0.1) is 0 Å². The molecule has 2 aromatic heterocycles. The summed E-state index contributed by atoms with van der Waals surface area (Å²) in [6.07, 6.45) is 5.60. The Morgan fingerprint density at radius 3 is 2.70 bits per heavy atom. The molecule has 2 aliphatic heterocycles.